The highest BCUT2D eigenvalue weighted by Crippen LogP contribution is 2.38. The van der Waals surface area contributed by atoms with Crippen LogP contribution in [-0.2, 0) is 19.4 Å². The monoisotopic (exact) mass is 426 g/mol. The van der Waals surface area contributed by atoms with Gasteiger partial charge in [-0.1, -0.05) is 15.9 Å². The third-order valence-corrected chi connectivity index (χ3v) is 7.36. The Hall–Kier alpha value is -0.440. The van der Waals surface area contributed by atoms with Crippen LogP contribution in [0.15, 0.2) is 32.0 Å². The molecule has 0 spiro atoms. The molecule has 1 aliphatic rings. The van der Waals surface area contributed by atoms with Gasteiger partial charge in [-0.25, -0.2) is 8.42 Å². The molecule has 2 rings (SSSR count). The Morgan fingerprint density at radius 1 is 1.25 bits per heavy atom. The highest BCUT2D eigenvalue weighted by Gasteiger charge is 2.53. The van der Waals surface area contributed by atoms with E-state index in [9.17, 15) is 18.3 Å². The molecular weight excluding hydrogens is 416 g/mol. The molecule has 110 valence electrons. The first kappa shape index (κ1) is 15.9. The van der Waals surface area contributed by atoms with Crippen molar-refractivity contribution >= 4 is 47.7 Å². The summed E-state index contributed by atoms with van der Waals surface area (Å²) in [6.07, 6.45) is -0.104. The number of carboxylic acids is 1. The summed E-state index contributed by atoms with van der Waals surface area (Å²) in [5.41, 5.74) is 0. The first-order chi connectivity index (χ1) is 9.31. The van der Waals surface area contributed by atoms with Gasteiger partial charge < -0.3 is 9.84 Å². The summed E-state index contributed by atoms with van der Waals surface area (Å²) in [6.45, 7) is 0.244. The van der Waals surface area contributed by atoms with E-state index in [1.807, 2.05) is 0 Å². The number of hydrogen-bond donors (Lipinski definition) is 1. The van der Waals surface area contributed by atoms with Gasteiger partial charge in [0.2, 0.25) is 0 Å². The molecular formula is C12H12Br2O5S. The Morgan fingerprint density at radius 2 is 1.85 bits per heavy atom. The molecule has 0 aliphatic carbocycles. The molecule has 8 heteroatoms. The number of carbonyl (C=O) groups is 1. The second kappa shape index (κ2) is 5.75. The van der Waals surface area contributed by atoms with Crippen LogP contribution in [-0.4, -0.2) is 37.5 Å². The third kappa shape index (κ3) is 2.54. The number of hydrogen-bond acceptors (Lipinski definition) is 4. The molecule has 0 bridgehead atoms. The molecule has 20 heavy (non-hydrogen) atoms. The number of rotatable bonds is 3. The van der Waals surface area contributed by atoms with Crippen LogP contribution in [0.1, 0.15) is 12.8 Å². The molecule has 1 N–H and O–H groups in total. The number of carboxylic acid groups (broad SMARTS) is 1. The number of benzene rings is 1. The van der Waals surface area contributed by atoms with Crippen LogP contribution < -0.4 is 0 Å². The van der Waals surface area contributed by atoms with Gasteiger partial charge in [-0.05, 0) is 34.1 Å². The molecule has 1 aromatic rings. The lowest BCUT2D eigenvalue weighted by Gasteiger charge is -2.32. The van der Waals surface area contributed by atoms with Gasteiger partial charge in [0.1, 0.15) is 0 Å². The Balaban J connectivity index is 2.62. The molecule has 1 aliphatic heterocycles. The zero-order chi connectivity index (χ0) is 15.0. The van der Waals surface area contributed by atoms with Gasteiger partial charge in [-0.3, -0.25) is 4.79 Å². The highest BCUT2D eigenvalue weighted by molar-refractivity contribution is 9.11. The number of halogens is 2. The zero-order valence-electron chi connectivity index (χ0n) is 10.3. The predicted molar refractivity (Wildman–Crippen MR) is 79.4 cm³/mol. The molecule has 0 unspecified atom stereocenters. The Labute approximate surface area is 133 Å². The van der Waals surface area contributed by atoms with Crippen LogP contribution in [0.2, 0.25) is 0 Å². The first-order valence-electron chi connectivity index (χ1n) is 5.82. The number of aliphatic carboxylic acids is 1. The second-order valence-electron chi connectivity index (χ2n) is 4.49. The van der Waals surface area contributed by atoms with Crippen molar-refractivity contribution in [2.24, 2.45) is 0 Å². The van der Waals surface area contributed by atoms with E-state index in [0.717, 1.165) is 0 Å². The minimum absolute atomic E-state index is 0.0174. The summed E-state index contributed by atoms with van der Waals surface area (Å²) in [7, 11) is -4.03. The minimum atomic E-state index is -4.03. The topological polar surface area (TPSA) is 80.7 Å². The minimum Gasteiger partial charge on any atom is -0.480 e. The van der Waals surface area contributed by atoms with Crippen LogP contribution in [0, 0.1) is 0 Å². The van der Waals surface area contributed by atoms with Gasteiger partial charge in [-0.2, -0.15) is 0 Å². The molecule has 0 aromatic heterocycles. The van der Waals surface area contributed by atoms with Crippen molar-refractivity contribution in [3.05, 3.63) is 27.1 Å². The molecule has 0 amide bonds. The average molecular weight is 428 g/mol. The number of sulfone groups is 1. The number of ether oxygens (including phenoxy) is 1. The van der Waals surface area contributed by atoms with Gasteiger partial charge in [0.15, 0.2) is 14.6 Å². The van der Waals surface area contributed by atoms with Gasteiger partial charge in [0.25, 0.3) is 0 Å². The van der Waals surface area contributed by atoms with Crippen LogP contribution in [0.25, 0.3) is 0 Å². The lowest BCUT2D eigenvalue weighted by molar-refractivity contribution is -0.142. The fourth-order valence-electron chi connectivity index (χ4n) is 2.19. The van der Waals surface area contributed by atoms with Crippen molar-refractivity contribution in [1.29, 1.82) is 0 Å². The van der Waals surface area contributed by atoms with Crippen LogP contribution in [0.3, 0.4) is 0 Å². The predicted octanol–water partition coefficient (Wildman–Crippen LogP) is 2.62. The first-order valence-corrected chi connectivity index (χ1v) is 8.89. The SMILES string of the molecule is O=C(O)C1(S(=O)(=O)c2cc(Br)ccc2Br)CCOCC1. The molecule has 1 heterocycles. The Morgan fingerprint density at radius 3 is 2.40 bits per heavy atom. The van der Waals surface area contributed by atoms with E-state index >= 15 is 0 Å². The fraction of sp³-hybridized carbons (Fsp3) is 0.417. The molecule has 5 nitrogen and oxygen atoms in total. The molecule has 0 radical (unpaired) electrons. The normalized spacial score (nSPS) is 18.7. The van der Waals surface area contributed by atoms with Crippen molar-refractivity contribution in [2.45, 2.75) is 22.5 Å². The van der Waals surface area contributed by atoms with Crippen molar-refractivity contribution in [3.8, 4) is 0 Å². The van der Waals surface area contributed by atoms with Gasteiger partial charge in [0.05, 0.1) is 4.90 Å². The summed E-state index contributed by atoms with van der Waals surface area (Å²) in [5, 5.41) is 9.48. The molecule has 1 aromatic carbocycles. The van der Waals surface area contributed by atoms with Crippen LogP contribution in [0.4, 0.5) is 0 Å². The Bertz CT molecular complexity index is 635. The standard InChI is InChI=1S/C12H12Br2O5S/c13-8-1-2-9(14)10(7-8)20(17,18)12(11(15)16)3-5-19-6-4-12/h1-2,7H,3-6H2,(H,15,16). The van der Waals surface area contributed by atoms with Gasteiger partial charge in [0, 0.05) is 35.0 Å². The van der Waals surface area contributed by atoms with E-state index < -0.39 is 20.6 Å². The molecule has 0 saturated carbocycles. The summed E-state index contributed by atoms with van der Waals surface area (Å²) < 4.78 is 29.9. The summed E-state index contributed by atoms with van der Waals surface area (Å²) in [5.74, 6) is -1.33. The fourth-order valence-corrected chi connectivity index (χ4v) is 5.55. The summed E-state index contributed by atoms with van der Waals surface area (Å²) in [6, 6.07) is 4.67. The van der Waals surface area contributed by atoms with E-state index in [1.165, 1.54) is 6.07 Å². The maximum atomic E-state index is 12.8. The van der Waals surface area contributed by atoms with E-state index in [4.69, 9.17) is 4.74 Å². The zero-order valence-corrected chi connectivity index (χ0v) is 14.3. The quantitative estimate of drug-likeness (QED) is 0.801. The molecule has 0 atom stereocenters. The summed E-state index contributed by atoms with van der Waals surface area (Å²) in [4.78, 5) is 11.6. The average Bonchev–Trinajstić information content (AvgIpc) is 2.41. The smallest absolute Gasteiger partial charge is 0.325 e. The van der Waals surface area contributed by atoms with Crippen molar-refractivity contribution < 1.29 is 23.1 Å². The third-order valence-electron chi connectivity index (χ3n) is 3.39. The van der Waals surface area contributed by atoms with Crippen molar-refractivity contribution in [3.63, 3.8) is 0 Å². The summed E-state index contributed by atoms with van der Waals surface area (Å²) >= 11 is 6.39. The van der Waals surface area contributed by atoms with E-state index in [0.29, 0.717) is 8.95 Å². The van der Waals surface area contributed by atoms with Crippen molar-refractivity contribution in [1.82, 2.24) is 0 Å². The van der Waals surface area contributed by atoms with Crippen molar-refractivity contribution in [2.75, 3.05) is 13.2 Å². The molecule has 1 fully saturated rings. The van der Waals surface area contributed by atoms with E-state index in [2.05, 4.69) is 31.9 Å². The lowest BCUT2D eigenvalue weighted by atomic mass is 9.99. The molecule has 1 saturated heterocycles. The van der Waals surface area contributed by atoms with Crippen LogP contribution >= 0.6 is 31.9 Å². The highest BCUT2D eigenvalue weighted by atomic mass is 79.9. The van der Waals surface area contributed by atoms with Crippen LogP contribution in [0.5, 0.6) is 0 Å². The maximum Gasteiger partial charge on any atom is 0.325 e. The van der Waals surface area contributed by atoms with Gasteiger partial charge >= 0.3 is 5.97 Å². The lowest BCUT2D eigenvalue weighted by Crippen LogP contribution is -2.50. The second-order valence-corrected chi connectivity index (χ2v) is 8.49. The van der Waals surface area contributed by atoms with E-state index in [-0.39, 0.29) is 31.0 Å². The Kier molecular flexibility index (Phi) is 4.58. The van der Waals surface area contributed by atoms with Gasteiger partial charge in [-0.15, -0.1) is 0 Å². The van der Waals surface area contributed by atoms with E-state index in [1.54, 1.807) is 12.1 Å². The maximum absolute atomic E-state index is 12.8. The largest absolute Gasteiger partial charge is 0.480 e.